The number of rotatable bonds is 6. The third-order valence-electron chi connectivity index (χ3n) is 3.53. The third kappa shape index (κ3) is 4.55. The van der Waals surface area contributed by atoms with Crippen LogP contribution in [-0.4, -0.2) is 26.5 Å². The third-order valence-corrected chi connectivity index (χ3v) is 5.16. The minimum absolute atomic E-state index is 0.324. The van der Waals surface area contributed by atoms with Crippen molar-refractivity contribution in [2.24, 2.45) is 0 Å². The predicted molar refractivity (Wildman–Crippen MR) is 109 cm³/mol. The van der Waals surface area contributed by atoms with Gasteiger partial charge in [0, 0.05) is 11.6 Å². The van der Waals surface area contributed by atoms with Gasteiger partial charge >= 0.3 is 0 Å². The van der Waals surface area contributed by atoms with E-state index in [-0.39, 0.29) is 5.91 Å². The number of aryl methyl sites for hydroxylation is 1. The standard InChI is InChI=1S/C18H16Cl2N4O2S/c1-3-27-18-22-21-11(2)24(18)23-16(25)10-8-12-7-9-15(26-12)13-5-4-6-14(19)17(13)20/h4-10H,3H2,1-2H3,(H,23,25). The molecule has 1 amide bonds. The number of benzene rings is 1. The highest BCUT2D eigenvalue weighted by atomic mass is 35.5. The van der Waals surface area contributed by atoms with Gasteiger partial charge in [-0.05, 0) is 43.0 Å². The van der Waals surface area contributed by atoms with Gasteiger partial charge in [0.15, 0.2) is 0 Å². The van der Waals surface area contributed by atoms with E-state index in [1.165, 1.54) is 17.8 Å². The van der Waals surface area contributed by atoms with Gasteiger partial charge in [0.05, 0.1) is 10.0 Å². The van der Waals surface area contributed by atoms with Gasteiger partial charge in [0.2, 0.25) is 5.16 Å². The average Bonchev–Trinajstić information content (AvgIpc) is 3.25. The number of aromatic nitrogens is 3. The molecule has 0 bridgehead atoms. The van der Waals surface area contributed by atoms with Crippen LogP contribution in [0.1, 0.15) is 18.5 Å². The van der Waals surface area contributed by atoms with E-state index in [0.717, 1.165) is 5.75 Å². The number of nitrogens with zero attached hydrogens (tertiary/aromatic N) is 3. The zero-order valence-corrected chi connectivity index (χ0v) is 16.9. The quantitative estimate of drug-likeness (QED) is 0.444. The molecule has 0 spiro atoms. The first-order valence-electron chi connectivity index (χ1n) is 8.07. The van der Waals surface area contributed by atoms with Crippen molar-refractivity contribution >= 4 is 46.9 Å². The molecule has 0 fully saturated rings. The van der Waals surface area contributed by atoms with Crippen molar-refractivity contribution in [3.63, 3.8) is 0 Å². The van der Waals surface area contributed by atoms with Crippen LogP contribution in [0.2, 0.25) is 10.0 Å². The summed E-state index contributed by atoms with van der Waals surface area (Å²) in [6.07, 6.45) is 2.95. The average molecular weight is 423 g/mol. The second-order valence-corrected chi connectivity index (χ2v) is 7.43. The van der Waals surface area contributed by atoms with Crippen LogP contribution in [0.25, 0.3) is 17.4 Å². The minimum Gasteiger partial charge on any atom is -0.457 e. The van der Waals surface area contributed by atoms with Crippen molar-refractivity contribution in [2.75, 3.05) is 11.2 Å². The maximum absolute atomic E-state index is 12.2. The first-order chi connectivity index (χ1) is 13.0. The summed E-state index contributed by atoms with van der Waals surface area (Å²) < 4.78 is 7.29. The Kier molecular flexibility index (Phi) is 6.26. The molecular weight excluding hydrogens is 407 g/mol. The number of nitrogens with one attached hydrogen (secondary N) is 1. The predicted octanol–water partition coefficient (Wildman–Crippen LogP) is 5.05. The van der Waals surface area contributed by atoms with Crippen LogP contribution in [0.3, 0.4) is 0 Å². The molecular formula is C18H16Cl2N4O2S. The van der Waals surface area contributed by atoms with E-state index in [4.69, 9.17) is 27.6 Å². The molecule has 140 valence electrons. The summed E-state index contributed by atoms with van der Waals surface area (Å²) in [5.41, 5.74) is 3.42. The van der Waals surface area contributed by atoms with Crippen molar-refractivity contribution in [1.82, 2.24) is 14.9 Å². The van der Waals surface area contributed by atoms with Gasteiger partial charge < -0.3 is 4.42 Å². The van der Waals surface area contributed by atoms with Crippen molar-refractivity contribution in [3.8, 4) is 11.3 Å². The lowest BCUT2D eigenvalue weighted by molar-refractivity contribution is -0.112. The SMILES string of the molecule is CCSc1nnc(C)n1NC(=O)C=Cc1ccc(-c2cccc(Cl)c2Cl)o1. The maximum atomic E-state index is 12.2. The van der Waals surface area contributed by atoms with Crippen LogP contribution >= 0.6 is 35.0 Å². The summed E-state index contributed by atoms with van der Waals surface area (Å²) in [6.45, 7) is 3.77. The normalized spacial score (nSPS) is 11.3. The van der Waals surface area contributed by atoms with Gasteiger partial charge in [-0.3, -0.25) is 10.2 Å². The minimum atomic E-state index is -0.324. The smallest absolute Gasteiger partial charge is 0.263 e. The van der Waals surface area contributed by atoms with Gasteiger partial charge in [-0.25, -0.2) is 4.68 Å². The Hall–Kier alpha value is -2.22. The van der Waals surface area contributed by atoms with Crippen LogP contribution in [0.15, 0.2) is 46.0 Å². The Morgan fingerprint density at radius 2 is 2.11 bits per heavy atom. The van der Waals surface area contributed by atoms with Crippen LogP contribution in [0, 0.1) is 6.92 Å². The maximum Gasteiger partial charge on any atom is 0.263 e. The summed E-state index contributed by atoms with van der Waals surface area (Å²) in [5, 5.41) is 9.50. The summed E-state index contributed by atoms with van der Waals surface area (Å²) >= 11 is 13.7. The Balaban J connectivity index is 1.72. The Morgan fingerprint density at radius 1 is 1.30 bits per heavy atom. The molecule has 0 aliphatic carbocycles. The molecule has 0 saturated carbocycles. The topological polar surface area (TPSA) is 73.0 Å². The first kappa shape index (κ1) is 19.5. The van der Waals surface area contributed by atoms with E-state index < -0.39 is 0 Å². The highest BCUT2D eigenvalue weighted by Gasteiger charge is 2.12. The second kappa shape index (κ2) is 8.65. The van der Waals surface area contributed by atoms with Crippen molar-refractivity contribution in [3.05, 3.63) is 58.0 Å². The van der Waals surface area contributed by atoms with Crippen LogP contribution in [0.4, 0.5) is 0 Å². The van der Waals surface area contributed by atoms with Crippen LogP contribution in [0.5, 0.6) is 0 Å². The van der Waals surface area contributed by atoms with Gasteiger partial charge in [0.1, 0.15) is 17.3 Å². The number of hydrogen-bond donors (Lipinski definition) is 1. The molecule has 1 aromatic carbocycles. The number of furan rings is 1. The molecule has 3 rings (SSSR count). The van der Waals surface area contributed by atoms with Gasteiger partial charge in [0.25, 0.3) is 5.91 Å². The molecule has 9 heteroatoms. The lowest BCUT2D eigenvalue weighted by Crippen LogP contribution is -2.22. The Labute approximate surface area is 170 Å². The molecule has 0 aliphatic rings. The lowest BCUT2D eigenvalue weighted by Gasteiger charge is -2.07. The molecule has 0 atom stereocenters. The first-order valence-corrected chi connectivity index (χ1v) is 9.82. The van der Waals surface area contributed by atoms with Crippen LogP contribution in [-0.2, 0) is 4.79 Å². The fourth-order valence-corrected chi connectivity index (χ4v) is 3.34. The van der Waals surface area contributed by atoms with Crippen molar-refractivity contribution in [1.29, 1.82) is 0 Å². The molecule has 1 N–H and O–H groups in total. The number of carbonyl (C=O) groups is 1. The number of hydrogen-bond acceptors (Lipinski definition) is 5. The fourth-order valence-electron chi connectivity index (χ4n) is 2.28. The molecule has 0 unspecified atom stereocenters. The summed E-state index contributed by atoms with van der Waals surface area (Å²) in [4.78, 5) is 12.2. The zero-order valence-electron chi connectivity index (χ0n) is 14.6. The largest absolute Gasteiger partial charge is 0.457 e. The number of carbonyl (C=O) groups excluding carboxylic acids is 1. The molecule has 6 nitrogen and oxygen atoms in total. The van der Waals surface area contributed by atoms with E-state index in [0.29, 0.717) is 38.1 Å². The van der Waals surface area contributed by atoms with Gasteiger partial charge in [-0.15, -0.1) is 10.2 Å². The summed E-state index contributed by atoms with van der Waals surface area (Å²) in [7, 11) is 0. The van der Waals surface area contributed by atoms with Crippen molar-refractivity contribution < 1.29 is 9.21 Å². The van der Waals surface area contributed by atoms with Crippen molar-refractivity contribution in [2.45, 2.75) is 19.0 Å². The number of halogens is 2. The van der Waals surface area contributed by atoms with Gasteiger partial charge in [-0.1, -0.05) is 48.0 Å². The summed E-state index contributed by atoms with van der Waals surface area (Å²) in [6, 6.07) is 8.84. The molecule has 3 aromatic rings. The van der Waals surface area contributed by atoms with E-state index in [9.17, 15) is 4.79 Å². The second-order valence-electron chi connectivity index (χ2n) is 5.41. The monoisotopic (exact) mass is 422 g/mol. The highest BCUT2D eigenvalue weighted by Crippen LogP contribution is 2.34. The van der Waals surface area contributed by atoms with E-state index in [1.54, 1.807) is 41.9 Å². The van der Waals surface area contributed by atoms with E-state index >= 15 is 0 Å². The number of thioether (sulfide) groups is 1. The summed E-state index contributed by atoms with van der Waals surface area (Å²) in [5.74, 6) is 2.18. The number of amides is 1. The highest BCUT2D eigenvalue weighted by molar-refractivity contribution is 7.99. The Bertz CT molecular complexity index is 997. The van der Waals surface area contributed by atoms with E-state index in [2.05, 4.69) is 15.6 Å². The molecule has 0 aliphatic heterocycles. The molecule has 0 radical (unpaired) electrons. The zero-order chi connectivity index (χ0) is 19.4. The molecule has 2 heterocycles. The van der Waals surface area contributed by atoms with Crippen LogP contribution < -0.4 is 5.43 Å². The van der Waals surface area contributed by atoms with Gasteiger partial charge in [-0.2, -0.15) is 0 Å². The molecule has 2 aromatic heterocycles. The molecule has 0 saturated heterocycles. The van der Waals surface area contributed by atoms with E-state index in [1.807, 2.05) is 13.0 Å². The molecule has 27 heavy (non-hydrogen) atoms. The lowest BCUT2D eigenvalue weighted by atomic mass is 10.2. The fraction of sp³-hybridized carbons (Fsp3) is 0.167. The Morgan fingerprint density at radius 3 is 2.89 bits per heavy atom.